The van der Waals surface area contributed by atoms with Crippen molar-refractivity contribution in [2.45, 2.75) is 13.1 Å². The van der Waals surface area contributed by atoms with Gasteiger partial charge in [-0.15, -0.1) is 0 Å². The minimum atomic E-state index is -4.52. The zero-order chi connectivity index (χ0) is 15.5. The molecule has 0 bridgehead atoms. The Bertz CT molecular complexity index is 631. The molecule has 1 heterocycles. The number of halogens is 4. The first-order chi connectivity index (χ1) is 9.90. The summed E-state index contributed by atoms with van der Waals surface area (Å²) in [5.74, 6) is 0.0400. The molecule has 0 amide bonds. The van der Waals surface area contributed by atoms with Gasteiger partial charge >= 0.3 is 6.18 Å². The summed E-state index contributed by atoms with van der Waals surface area (Å²) in [7, 11) is 0. The van der Waals surface area contributed by atoms with Crippen LogP contribution in [-0.4, -0.2) is 16.5 Å². The zero-order valence-electron chi connectivity index (χ0n) is 11.0. The van der Waals surface area contributed by atoms with Crippen LogP contribution >= 0.6 is 22.6 Å². The van der Waals surface area contributed by atoms with Crippen LogP contribution in [0.3, 0.4) is 0 Å². The maximum absolute atomic E-state index is 12.9. The second kappa shape index (κ2) is 6.46. The number of hydrogen-bond acceptors (Lipinski definition) is 4. The van der Waals surface area contributed by atoms with Crippen molar-refractivity contribution in [3.8, 4) is 0 Å². The Kier molecular flexibility index (Phi) is 4.86. The number of alkyl halides is 3. The van der Waals surface area contributed by atoms with Gasteiger partial charge in [-0.3, -0.25) is 0 Å². The Labute approximate surface area is 133 Å². The highest BCUT2D eigenvalue weighted by molar-refractivity contribution is 14.1. The lowest BCUT2D eigenvalue weighted by Gasteiger charge is -2.13. The molecular weight excluding hydrogens is 396 g/mol. The standard InChI is InChI=1S/C13H12F3IN4/c1-2-18-12-20-10(13(14,15)16)7-11(21-12)19-9-6-4-3-5-8(9)17/h3-7H,2H2,1H3,(H2,18,19,20,21). The molecule has 2 rings (SSSR count). The average molecular weight is 408 g/mol. The van der Waals surface area contributed by atoms with Gasteiger partial charge in [-0.2, -0.15) is 18.2 Å². The van der Waals surface area contributed by atoms with Gasteiger partial charge < -0.3 is 10.6 Å². The number of nitrogens with zero attached hydrogens (tertiary/aromatic N) is 2. The second-order valence-electron chi connectivity index (χ2n) is 4.09. The summed E-state index contributed by atoms with van der Waals surface area (Å²) >= 11 is 2.09. The largest absolute Gasteiger partial charge is 0.433 e. The zero-order valence-corrected chi connectivity index (χ0v) is 13.2. The predicted molar refractivity (Wildman–Crippen MR) is 83.6 cm³/mol. The van der Waals surface area contributed by atoms with E-state index in [-0.39, 0.29) is 11.8 Å². The molecule has 2 N–H and O–H groups in total. The summed E-state index contributed by atoms with van der Waals surface area (Å²) < 4.78 is 39.5. The third-order valence-electron chi connectivity index (χ3n) is 2.49. The fourth-order valence-corrected chi connectivity index (χ4v) is 2.12. The van der Waals surface area contributed by atoms with E-state index in [1.54, 1.807) is 19.1 Å². The molecule has 1 aromatic heterocycles. The Hall–Kier alpha value is -1.58. The maximum Gasteiger partial charge on any atom is 0.433 e. The maximum atomic E-state index is 12.9. The Morgan fingerprint density at radius 2 is 1.90 bits per heavy atom. The van der Waals surface area contributed by atoms with Gasteiger partial charge in [0.25, 0.3) is 0 Å². The summed E-state index contributed by atoms with van der Waals surface area (Å²) in [6.45, 7) is 2.19. The van der Waals surface area contributed by atoms with Crippen LogP contribution in [0.4, 0.5) is 30.6 Å². The molecule has 0 aliphatic rings. The molecule has 2 aromatic rings. The first-order valence-electron chi connectivity index (χ1n) is 6.12. The van der Waals surface area contributed by atoms with Crippen LogP contribution in [0, 0.1) is 3.57 Å². The lowest BCUT2D eigenvalue weighted by molar-refractivity contribution is -0.141. The molecule has 0 saturated carbocycles. The molecule has 0 fully saturated rings. The molecule has 0 aliphatic heterocycles. The van der Waals surface area contributed by atoms with E-state index in [9.17, 15) is 13.2 Å². The molecule has 8 heteroatoms. The van der Waals surface area contributed by atoms with Crippen molar-refractivity contribution < 1.29 is 13.2 Å². The van der Waals surface area contributed by atoms with Crippen LogP contribution < -0.4 is 10.6 Å². The monoisotopic (exact) mass is 408 g/mol. The molecule has 0 radical (unpaired) electrons. The summed E-state index contributed by atoms with van der Waals surface area (Å²) in [4.78, 5) is 7.51. The SMILES string of the molecule is CCNc1nc(Nc2ccccc2I)cc(C(F)(F)F)n1. The van der Waals surface area contributed by atoms with Crippen molar-refractivity contribution in [1.29, 1.82) is 0 Å². The third kappa shape index (κ3) is 4.19. The number of benzene rings is 1. The smallest absolute Gasteiger partial charge is 0.354 e. The quantitative estimate of drug-likeness (QED) is 0.742. The summed E-state index contributed by atoms with van der Waals surface area (Å²) in [6, 6.07) is 8.15. The minimum Gasteiger partial charge on any atom is -0.354 e. The molecular formula is C13H12F3IN4. The molecule has 1 aromatic carbocycles. The van der Waals surface area contributed by atoms with Crippen LogP contribution in [-0.2, 0) is 6.18 Å². The van der Waals surface area contributed by atoms with E-state index in [4.69, 9.17) is 0 Å². The number of hydrogen-bond donors (Lipinski definition) is 2. The van der Waals surface area contributed by atoms with Crippen molar-refractivity contribution in [3.05, 3.63) is 39.6 Å². The molecule has 0 atom stereocenters. The van der Waals surface area contributed by atoms with Crippen LogP contribution in [0.15, 0.2) is 30.3 Å². The summed E-state index contributed by atoms with van der Waals surface area (Å²) in [6.07, 6.45) is -4.52. The van der Waals surface area contributed by atoms with Crippen molar-refractivity contribution in [3.63, 3.8) is 0 Å². The number of nitrogens with one attached hydrogen (secondary N) is 2. The minimum absolute atomic E-state index is 0.0548. The molecule has 4 nitrogen and oxygen atoms in total. The lowest BCUT2D eigenvalue weighted by Crippen LogP contribution is -2.13. The van der Waals surface area contributed by atoms with Gasteiger partial charge in [0.1, 0.15) is 5.82 Å². The molecule has 112 valence electrons. The molecule has 21 heavy (non-hydrogen) atoms. The van der Waals surface area contributed by atoms with E-state index in [2.05, 4.69) is 43.2 Å². The molecule has 0 aliphatic carbocycles. The number of rotatable bonds is 4. The van der Waals surface area contributed by atoms with Gasteiger partial charge in [-0.05, 0) is 41.6 Å². The van der Waals surface area contributed by atoms with Crippen molar-refractivity contribution in [2.75, 3.05) is 17.2 Å². The first-order valence-corrected chi connectivity index (χ1v) is 7.19. The van der Waals surface area contributed by atoms with Crippen molar-refractivity contribution in [1.82, 2.24) is 9.97 Å². The van der Waals surface area contributed by atoms with E-state index in [0.717, 1.165) is 9.64 Å². The Balaban J connectivity index is 2.38. The highest BCUT2D eigenvalue weighted by Crippen LogP contribution is 2.31. The van der Waals surface area contributed by atoms with E-state index in [1.807, 2.05) is 12.1 Å². The first kappa shape index (κ1) is 15.8. The Morgan fingerprint density at radius 3 is 2.52 bits per heavy atom. The van der Waals surface area contributed by atoms with E-state index < -0.39 is 11.9 Å². The summed E-state index contributed by atoms with van der Waals surface area (Å²) in [5, 5.41) is 5.58. The van der Waals surface area contributed by atoms with Crippen LogP contribution in [0.5, 0.6) is 0 Å². The lowest BCUT2D eigenvalue weighted by atomic mass is 10.3. The number of aromatic nitrogens is 2. The van der Waals surface area contributed by atoms with Gasteiger partial charge in [0, 0.05) is 16.2 Å². The highest BCUT2D eigenvalue weighted by atomic mass is 127. The van der Waals surface area contributed by atoms with Gasteiger partial charge in [0.15, 0.2) is 5.69 Å². The van der Waals surface area contributed by atoms with Crippen LogP contribution in [0.2, 0.25) is 0 Å². The number of anilines is 3. The highest BCUT2D eigenvalue weighted by Gasteiger charge is 2.33. The van der Waals surface area contributed by atoms with Crippen molar-refractivity contribution in [2.24, 2.45) is 0 Å². The predicted octanol–water partition coefficient (Wildman–Crippen LogP) is 4.28. The summed E-state index contributed by atoms with van der Waals surface area (Å²) in [5.41, 5.74) is -0.297. The second-order valence-corrected chi connectivity index (χ2v) is 5.26. The van der Waals surface area contributed by atoms with Crippen LogP contribution in [0.1, 0.15) is 12.6 Å². The van der Waals surface area contributed by atoms with Gasteiger partial charge in [0.05, 0.1) is 5.69 Å². The van der Waals surface area contributed by atoms with Gasteiger partial charge in [-0.25, -0.2) is 4.98 Å². The average Bonchev–Trinajstić information content (AvgIpc) is 2.41. The number of para-hydroxylation sites is 1. The Morgan fingerprint density at radius 1 is 1.19 bits per heavy atom. The normalized spacial score (nSPS) is 11.3. The van der Waals surface area contributed by atoms with Gasteiger partial charge in [0.2, 0.25) is 5.95 Å². The van der Waals surface area contributed by atoms with Crippen LogP contribution in [0.25, 0.3) is 0 Å². The van der Waals surface area contributed by atoms with Crippen molar-refractivity contribution >= 4 is 40.0 Å². The van der Waals surface area contributed by atoms with E-state index in [0.29, 0.717) is 12.2 Å². The van der Waals surface area contributed by atoms with E-state index in [1.165, 1.54) is 0 Å². The van der Waals surface area contributed by atoms with Gasteiger partial charge in [-0.1, -0.05) is 12.1 Å². The molecule has 0 spiro atoms. The molecule has 0 unspecified atom stereocenters. The topological polar surface area (TPSA) is 49.8 Å². The van der Waals surface area contributed by atoms with E-state index >= 15 is 0 Å². The molecule has 0 saturated heterocycles. The fraction of sp³-hybridized carbons (Fsp3) is 0.231. The fourth-order valence-electron chi connectivity index (χ4n) is 1.59. The third-order valence-corrected chi connectivity index (χ3v) is 3.43.